The van der Waals surface area contributed by atoms with E-state index in [1.807, 2.05) is 13.8 Å². The first kappa shape index (κ1) is 16.6. The number of hydrogen-bond donors (Lipinski definition) is 2. The number of carbonyl (C=O) groups is 2. The summed E-state index contributed by atoms with van der Waals surface area (Å²) in [6.45, 7) is 3.77. The van der Waals surface area contributed by atoms with Gasteiger partial charge >= 0.3 is 17.9 Å². The molecule has 0 aliphatic carbocycles. The van der Waals surface area contributed by atoms with Gasteiger partial charge in [-0.05, 0) is 31.5 Å². The molecule has 0 unspecified atom stereocenters. The number of fused-ring (bicyclic) bond motifs is 1. The number of aromatic carboxylic acids is 1. The maximum absolute atomic E-state index is 12.3. The zero-order valence-corrected chi connectivity index (χ0v) is 13.5. The Hall–Kier alpha value is -3.23. The summed E-state index contributed by atoms with van der Waals surface area (Å²) in [6.07, 6.45) is 1.51. The number of benzene rings is 1. The van der Waals surface area contributed by atoms with Crippen LogP contribution in [0.25, 0.3) is 0 Å². The summed E-state index contributed by atoms with van der Waals surface area (Å²) in [7, 11) is 0. The third-order valence-corrected chi connectivity index (χ3v) is 4.22. The molecular formula is C16H16N4O5. The van der Waals surface area contributed by atoms with Gasteiger partial charge in [-0.3, -0.25) is 14.9 Å². The molecule has 1 aromatic carbocycles. The van der Waals surface area contributed by atoms with Crippen LogP contribution in [0.1, 0.15) is 47.3 Å². The van der Waals surface area contributed by atoms with Crippen molar-refractivity contribution in [2.75, 3.05) is 5.32 Å². The van der Waals surface area contributed by atoms with Gasteiger partial charge in [0.25, 0.3) is 0 Å². The molecule has 1 aliphatic rings. The molecule has 1 aliphatic heterocycles. The van der Waals surface area contributed by atoms with Gasteiger partial charge in [0, 0.05) is 16.5 Å². The van der Waals surface area contributed by atoms with Crippen LogP contribution in [0, 0.1) is 10.1 Å². The first-order chi connectivity index (χ1) is 11.8. The second kappa shape index (κ2) is 6.00. The highest BCUT2D eigenvalue weighted by molar-refractivity contribution is 5.98. The van der Waals surface area contributed by atoms with E-state index in [1.54, 1.807) is 4.68 Å². The van der Waals surface area contributed by atoms with Gasteiger partial charge in [0.2, 0.25) is 0 Å². The number of hydrogen-bond acceptors (Lipinski definition) is 5. The van der Waals surface area contributed by atoms with Crippen LogP contribution < -0.4 is 5.32 Å². The summed E-state index contributed by atoms with van der Waals surface area (Å²) in [5.74, 6) is -2.21. The first-order valence-corrected chi connectivity index (χ1v) is 7.66. The van der Waals surface area contributed by atoms with Crippen LogP contribution in [-0.2, 0) is 4.79 Å². The Morgan fingerprint density at radius 1 is 1.36 bits per heavy atom. The molecule has 3 rings (SSSR count). The zero-order valence-electron chi connectivity index (χ0n) is 13.5. The van der Waals surface area contributed by atoms with Crippen molar-refractivity contribution in [3.05, 3.63) is 57.3 Å². The van der Waals surface area contributed by atoms with E-state index >= 15 is 0 Å². The molecule has 2 heterocycles. The summed E-state index contributed by atoms with van der Waals surface area (Å²) < 4.78 is 1.60. The van der Waals surface area contributed by atoms with E-state index in [9.17, 15) is 19.7 Å². The number of carbonyl (C=O) groups excluding carboxylic acids is 1. The van der Waals surface area contributed by atoms with Crippen LogP contribution >= 0.6 is 0 Å². The summed E-state index contributed by atoms with van der Waals surface area (Å²) >= 11 is 0. The van der Waals surface area contributed by atoms with Crippen LogP contribution in [-0.4, -0.2) is 37.7 Å². The minimum absolute atomic E-state index is 0.0359. The van der Waals surface area contributed by atoms with Gasteiger partial charge in [0.15, 0.2) is 0 Å². The lowest BCUT2D eigenvalue weighted by Crippen LogP contribution is -2.44. The SMILES string of the molecule is CC(C)n1ncc2c1NC(=O)[C@H]([N+](=O)[O-])[C@@H]2c1ccc(C(=O)O)cc1. The standard InChI is InChI=1S/C16H16N4O5/c1-8(2)19-14-11(7-17-19)12(13(20(24)25)15(21)18-14)9-3-5-10(6-4-9)16(22)23/h3-8,12-13H,1-2H3,(H,18,21)(H,22,23)/t12-,13-/m1/s1. The largest absolute Gasteiger partial charge is 0.478 e. The van der Waals surface area contributed by atoms with E-state index in [0.717, 1.165) is 0 Å². The Morgan fingerprint density at radius 3 is 2.52 bits per heavy atom. The first-order valence-electron chi connectivity index (χ1n) is 7.66. The monoisotopic (exact) mass is 344 g/mol. The Balaban J connectivity index is 2.15. The van der Waals surface area contributed by atoms with Crippen molar-refractivity contribution in [2.45, 2.75) is 31.8 Å². The normalized spacial score (nSPS) is 19.4. The number of anilines is 1. The second-order valence-electron chi connectivity index (χ2n) is 6.11. The fourth-order valence-electron chi connectivity index (χ4n) is 3.05. The smallest absolute Gasteiger partial charge is 0.335 e. The second-order valence-corrected chi connectivity index (χ2v) is 6.11. The molecule has 1 aromatic heterocycles. The van der Waals surface area contributed by atoms with E-state index in [-0.39, 0.29) is 11.6 Å². The highest BCUT2D eigenvalue weighted by Crippen LogP contribution is 2.39. The quantitative estimate of drug-likeness (QED) is 0.644. The lowest BCUT2D eigenvalue weighted by Gasteiger charge is -2.27. The van der Waals surface area contributed by atoms with E-state index in [4.69, 9.17) is 5.11 Å². The van der Waals surface area contributed by atoms with Crippen molar-refractivity contribution < 1.29 is 19.6 Å². The highest BCUT2D eigenvalue weighted by atomic mass is 16.6. The van der Waals surface area contributed by atoms with Crippen LogP contribution in [0.15, 0.2) is 30.5 Å². The Labute approximate surface area is 142 Å². The van der Waals surface area contributed by atoms with Gasteiger partial charge in [-0.2, -0.15) is 5.10 Å². The van der Waals surface area contributed by atoms with E-state index in [1.165, 1.54) is 30.5 Å². The summed E-state index contributed by atoms with van der Waals surface area (Å²) in [5, 5.41) is 27.3. The van der Waals surface area contributed by atoms with Gasteiger partial charge in [-0.1, -0.05) is 12.1 Å². The Kier molecular flexibility index (Phi) is 3.99. The van der Waals surface area contributed by atoms with E-state index in [0.29, 0.717) is 16.9 Å². The van der Waals surface area contributed by atoms with Crippen molar-refractivity contribution in [1.82, 2.24) is 9.78 Å². The number of carboxylic acids is 1. The molecule has 0 bridgehead atoms. The lowest BCUT2D eigenvalue weighted by atomic mass is 9.83. The van der Waals surface area contributed by atoms with Crippen molar-refractivity contribution in [3.8, 4) is 0 Å². The molecule has 9 nitrogen and oxygen atoms in total. The number of nitro groups is 1. The predicted molar refractivity (Wildman–Crippen MR) is 87.3 cm³/mol. The van der Waals surface area contributed by atoms with Crippen molar-refractivity contribution >= 4 is 17.7 Å². The molecule has 2 atom stereocenters. The average molecular weight is 344 g/mol. The molecule has 0 saturated heterocycles. The zero-order chi connectivity index (χ0) is 18.3. The number of nitrogens with one attached hydrogen (secondary N) is 1. The minimum atomic E-state index is -1.51. The average Bonchev–Trinajstić information content (AvgIpc) is 2.96. The molecular weight excluding hydrogens is 328 g/mol. The number of carboxylic acid groups (broad SMARTS) is 1. The molecule has 0 saturated carbocycles. The van der Waals surface area contributed by atoms with Gasteiger partial charge < -0.3 is 10.4 Å². The predicted octanol–water partition coefficient (Wildman–Crippen LogP) is 1.89. The van der Waals surface area contributed by atoms with Crippen LogP contribution in [0.3, 0.4) is 0 Å². The van der Waals surface area contributed by atoms with Gasteiger partial charge in [0.05, 0.1) is 17.7 Å². The van der Waals surface area contributed by atoms with Crippen LogP contribution in [0.2, 0.25) is 0 Å². The van der Waals surface area contributed by atoms with E-state index in [2.05, 4.69) is 10.4 Å². The van der Waals surface area contributed by atoms with E-state index < -0.39 is 28.8 Å². The molecule has 0 radical (unpaired) electrons. The Bertz CT molecular complexity index is 856. The van der Waals surface area contributed by atoms with Gasteiger partial charge in [-0.25, -0.2) is 9.48 Å². The molecule has 0 spiro atoms. The molecule has 130 valence electrons. The fourth-order valence-corrected chi connectivity index (χ4v) is 3.05. The summed E-state index contributed by atoms with van der Waals surface area (Å²) in [6, 6.07) is 4.19. The number of nitrogens with zero attached hydrogens (tertiary/aromatic N) is 3. The minimum Gasteiger partial charge on any atom is -0.478 e. The van der Waals surface area contributed by atoms with Crippen LogP contribution in [0.4, 0.5) is 5.82 Å². The number of rotatable bonds is 4. The molecule has 1 amide bonds. The highest BCUT2D eigenvalue weighted by Gasteiger charge is 2.47. The molecule has 25 heavy (non-hydrogen) atoms. The lowest BCUT2D eigenvalue weighted by molar-refractivity contribution is -0.509. The van der Waals surface area contributed by atoms with Crippen molar-refractivity contribution in [1.29, 1.82) is 0 Å². The molecule has 2 N–H and O–H groups in total. The van der Waals surface area contributed by atoms with Crippen molar-refractivity contribution in [3.63, 3.8) is 0 Å². The third-order valence-electron chi connectivity index (χ3n) is 4.22. The van der Waals surface area contributed by atoms with Gasteiger partial charge in [0.1, 0.15) is 5.82 Å². The molecule has 0 fully saturated rings. The fraction of sp³-hybridized carbons (Fsp3) is 0.312. The summed E-state index contributed by atoms with van der Waals surface area (Å²) in [4.78, 5) is 34.2. The third kappa shape index (κ3) is 2.73. The molecule has 9 heteroatoms. The van der Waals surface area contributed by atoms with Crippen molar-refractivity contribution in [2.24, 2.45) is 0 Å². The van der Waals surface area contributed by atoms with Gasteiger partial charge in [-0.15, -0.1) is 0 Å². The Morgan fingerprint density at radius 2 is 2.00 bits per heavy atom. The topological polar surface area (TPSA) is 127 Å². The number of aromatic nitrogens is 2. The maximum atomic E-state index is 12.3. The molecule has 2 aromatic rings. The number of amides is 1. The maximum Gasteiger partial charge on any atom is 0.335 e. The van der Waals surface area contributed by atoms with Crippen LogP contribution in [0.5, 0.6) is 0 Å². The summed E-state index contributed by atoms with van der Waals surface area (Å²) in [5.41, 5.74) is 1.10.